The van der Waals surface area contributed by atoms with Crippen LogP contribution in [0.5, 0.6) is 0 Å². The first-order valence-electron chi connectivity index (χ1n) is 6.61. The van der Waals surface area contributed by atoms with Crippen molar-refractivity contribution in [1.29, 1.82) is 0 Å². The van der Waals surface area contributed by atoms with Gasteiger partial charge in [-0.1, -0.05) is 18.6 Å². The third-order valence-electron chi connectivity index (χ3n) is 4.37. The van der Waals surface area contributed by atoms with Gasteiger partial charge in [0.15, 0.2) is 0 Å². The third kappa shape index (κ3) is 2.80. The van der Waals surface area contributed by atoms with E-state index in [0.717, 1.165) is 12.8 Å². The summed E-state index contributed by atoms with van der Waals surface area (Å²) in [4.78, 5) is 0. The summed E-state index contributed by atoms with van der Waals surface area (Å²) in [5, 5.41) is 0. The second kappa shape index (κ2) is 5.53. The second-order valence-electron chi connectivity index (χ2n) is 5.21. The van der Waals surface area contributed by atoms with E-state index < -0.39 is 0 Å². The summed E-state index contributed by atoms with van der Waals surface area (Å²) in [5.41, 5.74) is 10.4. The van der Waals surface area contributed by atoms with Crippen molar-refractivity contribution in [2.45, 2.75) is 61.3 Å². The molecule has 17 heavy (non-hydrogen) atoms. The van der Waals surface area contributed by atoms with Gasteiger partial charge in [-0.3, -0.25) is 0 Å². The van der Waals surface area contributed by atoms with Gasteiger partial charge in [0, 0.05) is 0 Å². The Bertz CT molecular complexity index is 419. The molecular weight excluding hydrogens is 204 g/mol. The molecule has 0 saturated heterocycles. The van der Waals surface area contributed by atoms with E-state index in [-0.39, 0.29) is 0 Å². The highest BCUT2D eigenvalue weighted by Gasteiger charge is 2.10. The Kier molecular flexibility index (Phi) is 4.56. The lowest BCUT2D eigenvalue weighted by molar-refractivity contribution is 1.04. The molecule has 0 spiro atoms. The molecule has 0 heteroatoms. The van der Waals surface area contributed by atoms with Gasteiger partial charge in [0.25, 0.3) is 0 Å². The quantitative estimate of drug-likeness (QED) is 0.632. The third-order valence-corrected chi connectivity index (χ3v) is 4.37. The van der Waals surface area contributed by atoms with Gasteiger partial charge in [-0.05, 0) is 87.8 Å². The van der Waals surface area contributed by atoms with Crippen molar-refractivity contribution >= 4 is 0 Å². The molecule has 1 aromatic rings. The van der Waals surface area contributed by atoms with Crippen LogP contribution in [0.25, 0.3) is 0 Å². The smallest absolute Gasteiger partial charge is 0.00894 e. The highest BCUT2D eigenvalue weighted by atomic mass is 14.2. The molecule has 0 nitrogen and oxygen atoms in total. The molecule has 0 aliphatic heterocycles. The molecular formula is C17H26. The number of allylic oxidation sites excluding steroid dienone is 2. The van der Waals surface area contributed by atoms with E-state index in [1.54, 1.807) is 0 Å². The van der Waals surface area contributed by atoms with Crippen LogP contribution in [-0.4, -0.2) is 0 Å². The van der Waals surface area contributed by atoms with E-state index in [0.29, 0.717) is 0 Å². The largest absolute Gasteiger partial charge is 0.0812 e. The zero-order valence-electron chi connectivity index (χ0n) is 12.5. The summed E-state index contributed by atoms with van der Waals surface area (Å²) in [7, 11) is 0. The van der Waals surface area contributed by atoms with Crippen molar-refractivity contribution in [3.8, 4) is 0 Å². The van der Waals surface area contributed by atoms with Crippen LogP contribution in [0.1, 0.15) is 53.6 Å². The number of hydrogen-bond acceptors (Lipinski definition) is 0. The zero-order valence-corrected chi connectivity index (χ0v) is 12.5. The fraction of sp³-hybridized carbons (Fsp3) is 0.529. The molecule has 1 rings (SSSR count). The van der Waals surface area contributed by atoms with Crippen LogP contribution in [0.4, 0.5) is 0 Å². The summed E-state index contributed by atoms with van der Waals surface area (Å²) in [6.07, 6.45) is 4.62. The molecule has 0 aliphatic rings. The lowest BCUT2D eigenvalue weighted by Crippen LogP contribution is -2.02. The van der Waals surface area contributed by atoms with Gasteiger partial charge in [0.2, 0.25) is 0 Å². The summed E-state index contributed by atoms with van der Waals surface area (Å²) in [6.45, 7) is 15.7. The molecule has 0 unspecified atom stereocenters. The van der Waals surface area contributed by atoms with Gasteiger partial charge in [-0.2, -0.15) is 0 Å². The first-order valence-corrected chi connectivity index (χ1v) is 6.61. The van der Waals surface area contributed by atoms with Crippen molar-refractivity contribution in [3.05, 3.63) is 45.0 Å². The highest BCUT2D eigenvalue weighted by molar-refractivity contribution is 5.50. The average Bonchev–Trinajstić information content (AvgIpc) is 2.33. The van der Waals surface area contributed by atoms with Gasteiger partial charge in [0.1, 0.15) is 0 Å². The molecule has 0 heterocycles. The zero-order chi connectivity index (χ0) is 13.2. The van der Waals surface area contributed by atoms with Gasteiger partial charge in [0.05, 0.1) is 0 Å². The Hall–Kier alpha value is -1.04. The minimum absolute atomic E-state index is 1.08. The number of hydrogen-bond donors (Lipinski definition) is 0. The summed E-state index contributed by atoms with van der Waals surface area (Å²) < 4.78 is 0. The normalized spacial score (nSPS) is 12.1. The van der Waals surface area contributed by atoms with E-state index >= 15 is 0 Å². The van der Waals surface area contributed by atoms with Crippen molar-refractivity contribution in [1.82, 2.24) is 0 Å². The average molecular weight is 230 g/mol. The lowest BCUT2D eigenvalue weighted by atomic mass is 9.88. The van der Waals surface area contributed by atoms with E-state index in [4.69, 9.17) is 0 Å². The predicted octanol–water partition coefficient (Wildman–Crippen LogP) is 5.13. The first kappa shape index (κ1) is 14.0. The predicted molar refractivity (Wildman–Crippen MR) is 77.9 cm³/mol. The highest BCUT2D eigenvalue weighted by Crippen LogP contribution is 2.26. The molecule has 0 fully saturated rings. The van der Waals surface area contributed by atoms with Crippen LogP contribution >= 0.6 is 0 Å². The van der Waals surface area contributed by atoms with Crippen molar-refractivity contribution in [3.63, 3.8) is 0 Å². The van der Waals surface area contributed by atoms with Gasteiger partial charge < -0.3 is 0 Å². The van der Waals surface area contributed by atoms with Gasteiger partial charge in [-0.25, -0.2) is 0 Å². The summed E-state index contributed by atoms with van der Waals surface area (Å²) >= 11 is 0. The Morgan fingerprint density at radius 1 is 0.824 bits per heavy atom. The van der Waals surface area contributed by atoms with Gasteiger partial charge >= 0.3 is 0 Å². The molecule has 0 atom stereocenters. The topological polar surface area (TPSA) is 0 Å². The monoisotopic (exact) mass is 230 g/mol. The van der Waals surface area contributed by atoms with E-state index in [1.165, 1.54) is 39.0 Å². The molecule has 0 aromatic heterocycles. The summed E-state index contributed by atoms with van der Waals surface area (Å²) in [5.74, 6) is 0. The molecule has 0 saturated carbocycles. The van der Waals surface area contributed by atoms with E-state index in [1.807, 2.05) is 0 Å². The molecule has 1 aromatic carbocycles. The Balaban J connectivity index is 3.25. The Labute approximate surface area is 107 Å². The van der Waals surface area contributed by atoms with Crippen LogP contribution in [-0.2, 0) is 6.42 Å². The first-order chi connectivity index (χ1) is 7.90. The molecule has 0 radical (unpaired) electrons. The Morgan fingerprint density at radius 2 is 1.24 bits per heavy atom. The van der Waals surface area contributed by atoms with E-state index in [9.17, 15) is 0 Å². The molecule has 0 aliphatic carbocycles. The van der Waals surface area contributed by atoms with Crippen LogP contribution in [0, 0.1) is 34.6 Å². The summed E-state index contributed by atoms with van der Waals surface area (Å²) in [6, 6.07) is 0. The van der Waals surface area contributed by atoms with Crippen LogP contribution in [0.2, 0.25) is 0 Å². The molecule has 94 valence electrons. The number of rotatable bonds is 3. The minimum atomic E-state index is 1.08. The van der Waals surface area contributed by atoms with E-state index in [2.05, 4.69) is 54.5 Å². The lowest BCUT2D eigenvalue weighted by Gasteiger charge is -2.18. The second-order valence-corrected chi connectivity index (χ2v) is 5.21. The maximum atomic E-state index is 2.38. The van der Waals surface area contributed by atoms with Crippen molar-refractivity contribution in [2.24, 2.45) is 0 Å². The fourth-order valence-corrected chi connectivity index (χ4v) is 2.30. The maximum Gasteiger partial charge on any atom is -0.00894 e. The van der Waals surface area contributed by atoms with Crippen LogP contribution in [0.15, 0.2) is 11.6 Å². The van der Waals surface area contributed by atoms with Crippen LogP contribution in [0.3, 0.4) is 0 Å². The number of benzene rings is 1. The molecule has 0 amide bonds. The molecule has 0 N–H and O–H groups in total. The SMILES string of the molecule is CCC(C)=CCc1c(C)c(C)c(C)c(C)c1C. The fourth-order valence-electron chi connectivity index (χ4n) is 2.30. The maximum absolute atomic E-state index is 2.38. The van der Waals surface area contributed by atoms with Crippen molar-refractivity contribution in [2.75, 3.05) is 0 Å². The Morgan fingerprint density at radius 3 is 1.65 bits per heavy atom. The van der Waals surface area contributed by atoms with Crippen LogP contribution < -0.4 is 0 Å². The molecule has 0 bridgehead atoms. The van der Waals surface area contributed by atoms with Gasteiger partial charge in [-0.15, -0.1) is 0 Å². The standard InChI is InChI=1S/C17H26/c1-8-11(2)9-10-17-15(6)13(4)12(3)14(5)16(17)7/h9H,8,10H2,1-7H3. The minimum Gasteiger partial charge on any atom is -0.0812 e. The van der Waals surface area contributed by atoms with Crippen molar-refractivity contribution < 1.29 is 0 Å².